The highest BCUT2D eigenvalue weighted by Crippen LogP contribution is 2.26. The van der Waals surface area contributed by atoms with Crippen molar-refractivity contribution < 1.29 is 28.6 Å². The van der Waals surface area contributed by atoms with Crippen molar-refractivity contribution in [1.82, 2.24) is 10.6 Å². The molecule has 162 valence electrons. The largest absolute Gasteiger partial charge is 0.447 e. The zero-order chi connectivity index (χ0) is 20.6. The summed E-state index contributed by atoms with van der Waals surface area (Å²) in [7, 11) is 0. The second-order valence-corrected chi connectivity index (χ2v) is 7.90. The van der Waals surface area contributed by atoms with Crippen molar-refractivity contribution in [2.45, 2.75) is 56.7 Å². The highest BCUT2D eigenvalue weighted by Gasteiger charge is 2.22. The van der Waals surface area contributed by atoms with E-state index in [4.69, 9.17) is 14.2 Å². The van der Waals surface area contributed by atoms with Crippen molar-refractivity contribution in [1.29, 1.82) is 0 Å². The predicted molar refractivity (Wildman–Crippen MR) is 109 cm³/mol. The molecule has 0 aromatic carbocycles. The molecule has 1 aliphatic carbocycles. The van der Waals surface area contributed by atoms with Crippen LogP contribution in [0.1, 0.15) is 45.4 Å². The van der Waals surface area contributed by atoms with E-state index < -0.39 is 0 Å². The van der Waals surface area contributed by atoms with Gasteiger partial charge in [-0.15, -0.1) is 0 Å². The Labute approximate surface area is 171 Å². The van der Waals surface area contributed by atoms with Crippen molar-refractivity contribution in [2.75, 3.05) is 45.8 Å². The Morgan fingerprint density at radius 1 is 0.929 bits per heavy atom. The minimum atomic E-state index is -0.382. The van der Waals surface area contributed by atoms with Gasteiger partial charge in [-0.3, -0.25) is 4.79 Å². The fourth-order valence-corrected chi connectivity index (χ4v) is 3.55. The van der Waals surface area contributed by atoms with Crippen molar-refractivity contribution in [2.24, 2.45) is 0 Å². The lowest BCUT2D eigenvalue weighted by Gasteiger charge is -2.27. The van der Waals surface area contributed by atoms with Crippen molar-refractivity contribution in [3.63, 3.8) is 0 Å². The number of nitrogens with one attached hydrogen (secondary N) is 2. The molecule has 0 spiro atoms. The summed E-state index contributed by atoms with van der Waals surface area (Å²) in [6.07, 6.45) is 6.51. The maximum Gasteiger partial charge on any atom is 0.407 e. The first kappa shape index (κ1) is 24.7. The van der Waals surface area contributed by atoms with E-state index in [1.165, 1.54) is 6.92 Å². The number of hydrogen-bond acceptors (Lipinski definition) is 7. The fraction of sp³-hybridized carbons (Fsp3) is 0.842. The first-order valence-electron chi connectivity index (χ1n) is 9.89. The lowest BCUT2D eigenvalue weighted by atomic mass is 9.95. The molecule has 1 saturated carbocycles. The van der Waals surface area contributed by atoms with Crippen LogP contribution in [0.5, 0.6) is 0 Å². The van der Waals surface area contributed by atoms with Gasteiger partial charge in [-0.1, -0.05) is 0 Å². The highest BCUT2D eigenvalue weighted by molar-refractivity contribution is 7.99. The number of amides is 2. The van der Waals surface area contributed by atoms with Crippen LogP contribution in [0.25, 0.3) is 0 Å². The Balaban J connectivity index is 1.85. The number of Topliss-reactive ketones (excluding diaryl/α,β-unsaturated/α-hetero) is 1. The summed E-state index contributed by atoms with van der Waals surface area (Å²) in [4.78, 5) is 33.9. The van der Waals surface area contributed by atoms with Gasteiger partial charge < -0.3 is 29.6 Å². The van der Waals surface area contributed by atoms with E-state index in [2.05, 4.69) is 16.9 Å². The molecule has 0 radical (unpaired) electrons. The molecule has 0 heterocycles. The molecular formula is C19H34N2O6S. The van der Waals surface area contributed by atoms with Gasteiger partial charge in [0.2, 0.25) is 5.91 Å². The first-order valence-corrected chi connectivity index (χ1v) is 11.2. The predicted octanol–water partition coefficient (Wildman–Crippen LogP) is 1.91. The van der Waals surface area contributed by atoms with Gasteiger partial charge in [-0.05, 0) is 38.9 Å². The van der Waals surface area contributed by atoms with E-state index in [1.807, 2.05) is 11.8 Å². The minimum absolute atomic E-state index is 0.00305. The van der Waals surface area contributed by atoms with Crippen molar-refractivity contribution in [3.05, 3.63) is 0 Å². The van der Waals surface area contributed by atoms with Crippen LogP contribution in [0, 0.1) is 0 Å². The van der Waals surface area contributed by atoms with E-state index in [0.29, 0.717) is 38.2 Å². The summed E-state index contributed by atoms with van der Waals surface area (Å²) >= 11 is 1.90. The van der Waals surface area contributed by atoms with Crippen LogP contribution in [0.4, 0.5) is 4.79 Å². The summed E-state index contributed by atoms with van der Waals surface area (Å²) in [6, 6.07) is 0.216. The maximum atomic E-state index is 11.7. The average Bonchev–Trinajstić information content (AvgIpc) is 2.68. The van der Waals surface area contributed by atoms with Crippen LogP contribution in [0.15, 0.2) is 0 Å². The number of ketones is 1. The van der Waals surface area contributed by atoms with E-state index in [-0.39, 0.29) is 43.3 Å². The van der Waals surface area contributed by atoms with E-state index in [1.54, 1.807) is 0 Å². The molecule has 0 bridgehead atoms. The van der Waals surface area contributed by atoms with Crippen LogP contribution in [-0.4, -0.2) is 74.9 Å². The zero-order valence-electron chi connectivity index (χ0n) is 17.0. The number of thioether (sulfide) groups is 1. The van der Waals surface area contributed by atoms with Crippen LogP contribution in [0.2, 0.25) is 0 Å². The highest BCUT2D eigenvalue weighted by atomic mass is 32.2. The van der Waals surface area contributed by atoms with Crippen molar-refractivity contribution in [3.8, 4) is 0 Å². The lowest BCUT2D eigenvalue weighted by molar-refractivity contribution is -0.124. The van der Waals surface area contributed by atoms with E-state index in [9.17, 15) is 14.4 Å². The Morgan fingerprint density at radius 3 is 2.21 bits per heavy atom. The maximum absolute atomic E-state index is 11.7. The van der Waals surface area contributed by atoms with Gasteiger partial charge >= 0.3 is 6.09 Å². The molecule has 9 heteroatoms. The van der Waals surface area contributed by atoms with E-state index >= 15 is 0 Å². The molecule has 2 amide bonds. The summed E-state index contributed by atoms with van der Waals surface area (Å²) in [5, 5.41) is 6.30. The molecule has 1 fully saturated rings. The molecule has 28 heavy (non-hydrogen) atoms. The number of ether oxygens (including phenoxy) is 3. The topological polar surface area (TPSA) is 103 Å². The smallest absolute Gasteiger partial charge is 0.407 e. The Kier molecular flexibility index (Phi) is 13.8. The molecule has 2 N–H and O–H groups in total. The molecule has 0 aromatic rings. The second-order valence-electron chi connectivity index (χ2n) is 6.77. The molecule has 0 aliphatic heterocycles. The molecule has 0 unspecified atom stereocenters. The first-order chi connectivity index (χ1) is 13.5. The third kappa shape index (κ3) is 13.0. The van der Waals surface area contributed by atoms with Gasteiger partial charge in [0.05, 0.1) is 26.4 Å². The third-order valence-electron chi connectivity index (χ3n) is 4.44. The van der Waals surface area contributed by atoms with Crippen molar-refractivity contribution >= 4 is 29.5 Å². The minimum Gasteiger partial charge on any atom is -0.447 e. The number of carbonyl (C=O) groups excluding carboxylic acids is 3. The summed E-state index contributed by atoms with van der Waals surface area (Å²) in [5.41, 5.74) is 0. The Morgan fingerprint density at radius 2 is 1.57 bits per heavy atom. The van der Waals surface area contributed by atoms with Gasteiger partial charge in [0.1, 0.15) is 12.4 Å². The molecular weight excluding hydrogens is 384 g/mol. The van der Waals surface area contributed by atoms with Gasteiger partial charge in [-0.25, -0.2) is 4.79 Å². The molecule has 0 atom stereocenters. The number of hydrogen-bond donors (Lipinski definition) is 2. The van der Waals surface area contributed by atoms with Gasteiger partial charge in [0.15, 0.2) is 0 Å². The fourth-order valence-electron chi connectivity index (χ4n) is 2.81. The number of rotatable bonds is 14. The van der Waals surface area contributed by atoms with Crippen LogP contribution < -0.4 is 10.6 Å². The molecule has 1 rings (SSSR count). The lowest BCUT2D eigenvalue weighted by Crippen LogP contribution is -2.38. The average molecular weight is 419 g/mol. The van der Waals surface area contributed by atoms with Crippen LogP contribution >= 0.6 is 11.8 Å². The molecule has 0 aromatic heterocycles. The molecule has 0 saturated heterocycles. The standard InChI is InChI=1S/C19H34N2O6S/c1-15(22)3-8-18(23)20-9-10-25-11-12-26-13-14-27-19(24)21-16-4-6-17(28-2)7-5-16/h16-17H,3-14H2,1-2H3,(H,20,23)(H,21,24). The number of carbonyl (C=O) groups is 3. The van der Waals surface area contributed by atoms with Gasteiger partial charge in [0, 0.05) is 30.7 Å². The van der Waals surface area contributed by atoms with Gasteiger partial charge in [0.25, 0.3) is 0 Å². The van der Waals surface area contributed by atoms with Crippen LogP contribution in [0.3, 0.4) is 0 Å². The summed E-state index contributed by atoms with van der Waals surface area (Å²) < 4.78 is 15.8. The summed E-state index contributed by atoms with van der Waals surface area (Å²) in [6.45, 7) is 3.56. The second kappa shape index (κ2) is 15.6. The summed E-state index contributed by atoms with van der Waals surface area (Å²) in [5.74, 6) is -0.147. The normalized spacial score (nSPS) is 19.1. The monoisotopic (exact) mass is 418 g/mol. The SMILES string of the molecule is CSC1CCC(NC(=O)OCCOCCOCCNC(=O)CCC(C)=O)CC1. The van der Waals surface area contributed by atoms with Gasteiger partial charge in [-0.2, -0.15) is 11.8 Å². The molecule has 1 aliphatic rings. The zero-order valence-corrected chi connectivity index (χ0v) is 17.8. The quantitative estimate of drug-likeness (QED) is 0.415. The Bertz CT molecular complexity index is 469. The third-order valence-corrected chi connectivity index (χ3v) is 5.57. The van der Waals surface area contributed by atoms with Crippen LogP contribution in [-0.2, 0) is 23.8 Å². The number of alkyl carbamates (subject to hydrolysis) is 1. The molecule has 8 nitrogen and oxygen atoms in total. The van der Waals surface area contributed by atoms with E-state index in [0.717, 1.165) is 25.7 Å². The Hall–Kier alpha value is -1.32.